The monoisotopic (exact) mass is 656 g/mol. The summed E-state index contributed by atoms with van der Waals surface area (Å²) in [4.78, 5) is 12.6. The van der Waals surface area contributed by atoms with Gasteiger partial charge < -0.3 is 24.8 Å². The summed E-state index contributed by atoms with van der Waals surface area (Å²) in [5.74, 6) is -1.49. The van der Waals surface area contributed by atoms with Crippen molar-refractivity contribution in [3.8, 4) is 11.1 Å². The molecular formula is C27H24Cl2HfNOSi. The van der Waals surface area contributed by atoms with E-state index < -0.39 is 26.9 Å². The predicted octanol–water partition coefficient (Wildman–Crippen LogP) is -2.03. The van der Waals surface area contributed by atoms with E-state index in [2.05, 4.69) is 112 Å². The van der Waals surface area contributed by atoms with E-state index in [1.165, 1.54) is 32.6 Å². The molecule has 6 heteroatoms. The number of hydrogen-bond donors (Lipinski definition) is 1. The molecule has 4 aromatic rings. The van der Waals surface area contributed by atoms with Crippen LogP contribution in [0.1, 0.15) is 21.7 Å². The van der Waals surface area contributed by atoms with Crippen molar-refractivity contribution in [3.63, 3.8) is 0 Å². The molecule has 1 aliphatic carbocycles. The third-order valence-electron chi connectivity index (χ3n) is 6.04. The maximum Gasteiger partial charge on any atom is -1.00 e. The molecule has 0 heterocycles. The average molecular weight is 656 g/mol. The number of rotatable bonds is 5. The predicted molar refractivity (Wildman–Crippen MR) is 127 cm³/mol. The molecule has 1 aliphatic rings. The molecule has 165 valence electrons. The molecule has 0 saturated carbocycles. The Hall–Kier alpha value is -1.98. The Morgan fingerprint density at radius 3 is 1.48 bits per heavy atom. The Morgan fingerprint density at radius 2 is 1.06 bits per heavy atom. The molecule has 0 atom stereocenters. The molecule has 0 radical (unpaired) electrons. The molecule has 0 aliphatic heterocycles. The van der Waals surface area contributed by atoms with Gasteiger partial charge in [-0.15, -0.1) is 0 Å². The van der Waals surface area contributed by atoms with Gasteiger partial charge >= 0.3 is 193 Å². The van der Waals surface area contributed by atoms with Crippen LogP contribution in [0.15, 0.2) is 109 Å². The fourth-order valence-corrected chi connectivity index (χ4v) is 35.5. The van der Waals surface area contributed by atoms with Gasteiger partial charge in [0.25, 0.3) is 0 Å². The van der Waals surface area contributed by atoms with E-state index in [0.717, 1.165) is 0 Å². The minimum atomic E-state index is -2.84. The summed E-state index contributed by atoms with van der Waals surface area (Å²) in [6, 6.07) is 39.5. The summed E-state index contributed by atoms with van der Waals surface area (Å²) in [6.07, 6.45) is 0. The second-order valence-corrected chi connectivity index (χ2v) is 27.8. The average Bonchev–Trinajstić information content (AvgIpc) is 3.14. The van der Waals surface area contributed by atoms with Gasteiger partial charge in [0.15, 0.2) is 0 Å². The van der Waals surface area contributed by atoms with E-state index in [0.29, 0.717) is 3.67 Å². The van der Waals surface area contributed by atoms with Gasteiger partial charge in [0.05, 0.1) is 0 Å². The molecule has 1 N–H and O–H groups in total. The van der Waals surface area contributed by atoms with Crippen molar-refractivity contribution in [2.45, 2.75) is 10.6 Å². The van der Waals surface area contributed by atoms with Gasteiger partial charge in [-0.05, 0) is 0 Å². The van der Waals surface area contributed by atoms with Crippen LogP contribution in [-0.2, 0) is 25.7 Å². The molecule has 0 aromatic heterocycles. The standard InChI is InChI=1S/C13H9.C12H11Si.C2H5NO.2ClH.Hf/c1-3-7-12-10(5-1)9-11-6-2-4-8-13(11)12;1-3-7-11(8-4-1)13-12-9-5-2-6-10-12;1-2(3)4;;;/h1-9H;1-10,13H;1H3,(H2,3,4);2*1H;/q;;;;;+3/p-3. The summed E-state index contributed by atoms with van der Waals surface area (Å²) in [7, 11) is 0. The maximum absolute atomic E-state index is 12.6. The first-order valence-electron chi connectivity index (χ1n) is 10.7. The van der Waals surface area contributed by atoms with E-state index in [9.17, 15) is 4.79 Å². The third-order valence-corrected chi connectivity index (χ3v) is 33.3. The molecule has 2 nitrogen and oxygen atoms in total. The number of amides is 1. The minimum absolute atomic E-state index is 0. The molecule has 0 saturated heterocycles. The van der Waals surface area contributed by atoms with E-state index >= 15 is 0 Å². The van der Waals surface area contributed by atoms with Crippen LogP contribution in [0.4, 0.5) is 0 Å². The summed E-state index contributed by atoms with van der Waals surface area (Å²) < 4.78 is 3.98. The van der Waals surface area contributed by atoms with Gasteiger partial charge in [0.2, 0.25) is 0 Å². The SMILES string of the molecule is CC(=O)[NH][Hf+2]([CH]1c2ccccc2-c2ccccc21)[SiH](c1ccccc1)c1ccccc1.[Cl-].[Cl-]. The van der Waals surface area contributed by atoms with Crippen LogP contribution >= 0.6 is 0 Å². The minimum Gasteiger partial charge on any atom is -1.00 e. The van der Waals surface area contributed by atoms with Gasteiger partial charge in [-0.2, -0.15) is 0 Å². The summed E-state index contributed by atoms with van der Waals surface area (Å²) >= 11 is -2.84. The van der Waals surface area contributed by atoms with Crippen LogP contribution in [0, 0.1) is 0 Å². The number of halogens is 2. The first-order valence-corrected chi connectivity index (χ1v) is 22.5. The van der Waals surface area contributed by atoms with Crippen LogP contribution in [-0.4, -0.2) is 11.9 Å². The maximum atomic E-state index is 12.6. The fourth-order valence-electron chi connectivity index (χ4n) is 4.85. The first-order chi connectivity index (χ1) is 15.2. The number of carbonyl (C=O) groups is 1. The molecule has 0 bridgehead atoms. The van der Waals surface area contributed by atoms with Gasteiger partial charge in [-0.1, -0.05) is 0 Å². The molecule has 0 unspecified atom stereocenters. The van der Waals surface area contributed by atoms with Crippen molar-refractivity contribution < 1.29 is 50.5 Å². The van der Waals surface area contributed by atoms with E-state index in [4.69, 9.17) is 0 Å². The van der Waals surface area contributed by atoms with Crippen LogP contribution in [0.3, 0.4) is 0 Å². The Labute approximate surface area is 216 Å². The molecule has 1 amide bonds. The van der Waals surface area contributed by atoms with Crippen molar-refractivity contribution in [3.05, 3.63) is 120 Å². The molecule has 33 heavy (non-hydrogen) atoms. The molecule has 0 spiro atoms. The quantitative estimate of drug-likeness (QED) is 0.247. The largest absolute Gasteiger partial charge is 1.00 e. The van der Waals surface area contributed by atoms with Crippen molar-refractivity contribution in [2.24, 2.45) is 0 Å². The Kier molecular flexibility index (Phi) is 8.88. The Bertz CT molecular complexity index is 1140. The van der Waals surface area contributed by atoms with Gasteiger partial charge in [0, 0.05) is 0 Å². The van der Waals surface area contributed by atoms with Gasteiger partial charge in [-0.3, -0.25) is 0 Å². The van der Waals surface area contributed by atoms with Crippen LogP contribution in [0.2, 0.25) is 0 Å². The van der Waals surface area contributed by atoms with Crippen LogP contribution in [0.5, 0.6) is 0 Å². The summed E-state index contributed by atoms with van der Waals surface area (Å²) in [6.45, 7) is 1.69. The first kappa shape index (κ1) is 25.6. The summed E-state index contributed by atoms with van der Waals surface area (Å²) in [5.41, 5.74) is 5.49. The zero-order valence-electron chi connectivity index (χ0n) is 18.2. The van der Waals surface area contributed by atoms with E-state index in [1.807, 2.05) is 0 Å². The third kappa shape index (κ3) is 5.09. The second kappa shape index (κ2) is 11.4. The van der Waals surface area contributed by atoms with Gasteiger partial charge in [0.1, 0.15) is 0 Å². The zero-order chi connectivity index (χ0) is 21.2. The molecule has 5 rings (SSSR count). The van der Waals surface area contributed by atoms with Crippen molar-refractivity contribution in [2.75, 3.05) is 0 Å². The van der Waals surface area contributed by atoms with E-state index in [1.54, 1.807) is 6.92 Å². The Morgan fingerprint density at radius 1 is 0.667 bits per heavy atom. The zero-order valence-corrected chi connectivity index (χ0v) is 24.5. The number of hydrogen-bond acceptors (Lipinski definition) is 1. The fraction of sp³-hybridized carbons (Fsp3) is 0.0741. The molecular weight excluding hydrogens is 632 g/mol. The summed E-state index contributed by atoms with van der Waals surface area (Å²) in [5, 5.41) is 2.87. The van der Waals surface area contributed by atoms with Crippen LogP contribution < -0.4 is 38.5 Å². The molecule has 4 aromatic carbocycles. The van der Waals surface area contributed by atoms with Crippen LogP contribution in [0.25, 0.3) is 11.1 Å². The smallest absolute Gasteiger partial charge is 1.00 e. The normalized spacial score (nSPS) is 11.6. The van der Waals surface area contributed by atoms with E-state index in [-0.39, 0.29) is 30.7 Å². The van der Waals surface area contributed by atoms with Gasteiger partial charge in [-0.25, -0.2) is 0 Å². The van der Waals surface area contributed by atoms with Crippen molar-refractivity contribution in [1.82, 2.24) is 3.30 Å². The van der Waals surface area contributed by atoms with Crippen molar-refractivity contribution >= 4 is 22.3 Å². The number of benzene rings is 4. The topological polar surface area (TPSA) is 29.1 Å². The number of nitrogens with one attached hydrogen (secondary N) is 1. The van der Waals surface area contributed by atoms with Crippen molar-refractivity contribution in [1.29, 1.82) is 0 Å². The second-order valence-electron chi connectivity index (χ2n) is 8.00. The molecule has 0 fully saturated rings. The number of fused-ring (bicyclic) bond motifs is 3. The Balaban J connectivity index is 0.00000153. The number of carbonyl (C=O) groups excluding carboxylic acids is 1.